The zero-order valence-electron chi connectivity index (χ0n) is 11.5. The summed E-state index contributed by atoms with van der Waals surface area (Å²) in [5.41, 5.74) is 2.24. The van der Waals surface area contributed by atoms with Gasteiger partial charge in [-0.2, -0.15) is 0 Å². The summed E-state index contributed by atoms with van der Waals surface area (Å²) in [6, 6.07) is 13.8. The summed E-state index contributed by atoms with van der Waals surface area (Å²) >= 11 is 0. The highest BCUT2D eigenvalue weighted by atomic mass is 16.4. The number of pyridine rings is 1. The average molecular weight is 292 g/mol. The molecule has 2 N–H and O–H groups in total. The highest BCUT2D eigenvalue weighted by Gasteiger charge is 2.06. The smallest absolute Gasteiger partial charge is 0.335 e. The van der Waals surface area contributed by atoms with Gasteiger partial charge in [0.25, 0.3) is 0 Å². The van der Waals surface area contributed by atoms with Crippen molar-refractivity contribution in [3.8, 4) is 11.4 Å². The summed E-state index contributed by atoms with van der Waals surface area (Å²) < 4.78 is 0. The maximum Gasteiger partial charge on any atom is 0.335 e. The van der Waals surface area contributed by atoms with Crippen molar-refractivity contribution >= 4 is 17.6 Å². The number of rotatable bonds is 4. The van der Waals surface area contributed by atoms with E-state index in [0.717, 1.165) is 5.69 Å². The lowest BCUT2D eigenvalue weighted by atomic mass is 10.2. The number of benzene rings is 1. The molecule has 2 heterocycles. The summed E-state index contributed by atoms with van der Waals surface area (Å²) in [5, 5.41) is 12.0. The fourth-order valence-corrected chi connectivity index (χ4v) is 1.93. The maximum atomic E-state index is 11.0. The first-order valence-corrected chi connectivity index (χ1v) is 6.57. The van der Waals surface area contributed by atoms with E-state index in [-0.39, 0.29) is 5.56 Å². The molecule has 0 aliphatic rings. The van der Waals surface area contributed by atoms with Gasteiger partial charge in [-0.1, -0.05) is 12.1 Å². The average Bonchev–Trinajstić information content (AvgIpc) is 2.56. The number of nitrogens with zero attached hydrogens (tertiary/aromatic N) is 3. The zero-order valence-corrected chi connectivity index (χ0v) is 11.5. The number of carboxylic acids is 1. The van der Waals surface area contributed by atoms with Crippen molar-refractivity contribution in [2.45, 2.75) is 0 Å². The molecule has 108 valence electrons. The van der Waals surface area contributed by atoms with Gasteiger partial charge in [0, 0.05) is 18.1 Å². The van der Waals surface area contributed by atoms with E-state index in [0.29, 0.717) is 17.3 Å². The van der Waals surface area contributed by atoms with Crippen molar-refractivity contribution in [2.75, 3.05) is 5.32 Å². The molecule has 0 aliphatic heterocycles. The van der Waals surface area contributed by atoms with Gasteiger partial charge in [0.05, 0.1) is 17.0 Å². The second-order valence-corrected chi connectivity index (χ2v) is 4.49. The second-order valence-electron chi connectivity index (χ2n) is 4.49. The van der Waals surface area contributed by atoms with Gasteiger partial charge in [0.15, 0.2) is 0 Å². The van der Waals surface area contributed by atoms with E-state index in [4.69, 9.17) is 5.11 Å². The van der Waals surface area contributed by atoms with E-state index in [1.807, 2.05) is 18.2 Å². The number of hydrogen-bond donors (Lipinski definition) is 2. The van der Waals surface area contributed by atoms with Crippen LogP contribution in [0.3, 0.4) is 0 Å². The van der Waals surface area contributed by atoms with Crippen LogP contribution in [-0.2, 0) is 0 Å². The molecule has 0 unspecified atom stereocenters. The first-order valence-electron chi connectivity index (χ1n) is 6.57. The highest BCUT2D eigenvalue weighted by molar-refractivity contribution is 5.89. The third-order valence-electron chi connectivity index (χ3n) is 2.95. The number of nitrogens with one attached hydrogen (secondary N) is 1. The van der Waals surface area contributed by atoms with Crippen LogP contribution in [0.2, 0.25) is 0 Å². The Morgan fingerprint density at radius 2 is 1.86 bits per heavy atom. The Bertz CT molecular complexity index is 806. The van der Waals surface area contributed by atoms with Gasteiger partial charge in [-0.3, -0.25) is 4.98 Å². The molecule has 0 bridgehead atoms. The second kappa shape index (κ2) is 6.01. The van der Waals surface area contributed by atoms with Gasteiger partial charge in [-0.15, -0.1) is 0 Å². The summed E-state index contributed by atoms with van der Waals surface area (Å²) in [7, 11) is 0. The van der Waals surface area contributed by atoms with E-state index >= 15 is 0 Å². The lowest BCUT2D eigenvalue weighted by molar-refractivity contribution is 0.0697. The van der Waals surface area contributed by atoms with Crippen LogP contribution in [0.25, 0.3) is 11.4 Å². The van der Waals surface area contributed by atoms with Crippen molar-refractivity contribution in [1.82, 2.24) is 15.0 Å². The van der Waals surface area contributed by atoms with Crippen LogP contribution in [-0.4, -0.2) is 26.0 Å². The number of anilines is 2. The summed E-state index contributed by atoms with van der Waals surface area (Å²) in [6.45, 7) is 0. The minimum Gasteiger partial charge on any atom is -0.478 e. The van der Waals surface area contributed by atoms with Crippen molar-refractivity contribution in [3.05, 3.63) is 66.5 Å². The molecular formula is C16H12N4O2. The Labute approximate surface area is 126 Å². The molecule has 1 aromatic carbocycles. The SMILES string of the molecule is O=C(O)c1cccc(Nc2nccc(-c3ccccn3)n2)c1. The molecule has 0 fully saturated rings. The number of aromatic nitrogens is 3. The van der Waals surface area contributed by atoms with Crippen LogP contribution in [0, 0.1) is 0 Å². The van der Waals surface area contributed by atoms with Crippen molar-refractivity contribution in [3.63, 3.8) is 0 Å². The lowest BCUT2D eigenvalue weighted by Crippen LogP contribution is -2.01. The topological polar surface area (TPSA) is 88.0 Å². The summed E-state index contributed by atoms with van der Waals surface area (Å²) in [6.07, 6.45) is 3.32. The third-order valence-corrected chi connectivity index (χ3v) is 2.95. The maximum absolute atomic E-state index is 11.0. The van der Waals surface area contributed by atoms with Crippen molar-refractivity contribution < 1.29 is 9.90 Å². The van der Waals surface area contributed by atoms with E-state index < -0.39 is 5.97 Å². The largest absolute Gasteiger partial charge is 0.478 e. The third kappa shape index (κ3) is 3.06. The Morgan fingerprint density at radius 1 is 0.955 bits per heavy atom. The molecule has 22 heavy (non-hydrogen) atoms. The molecule has 2 aromatic heterocycles. The van der Waals surface area contributed by atoms with E-state index in [9.17, 15) is 4.79 Å². The Balaban J connectivity index is 1.87. The molecule has 6 heteroatoms. The van der Waals surface area contributed by atoms with E-state index in [1.54, 1.807) is 30.6 Å². The molecule has 0 amide bonds. The van der Waals surface area contributed by atoms with Crippen LogP contribution in [0.1, 0.15) is 10.4 Å². The zero-order chi connectivity index (χ0) is 15.4. The molecule has 6 nitrogen and oxygen atoms in total. The number of aromatic carboxylic acids is 1. The Hall–Kier alpha value is -3.28. The molecule has 0 spiro atoms. The number of carboxylic acid groups (broad SMARTS) is 1. The Kier molecular flexibility index (Phi) is 3.74. The first kappa shape index (κ1) is 13.7. The molecule has 0 radical (unpaired) electrons. The van der Waals surface area contributed by atoms with Crippen molar-refractivity contribution in [1.29, 1.82) is 0 Å². The van der Waals surface area contributed by atoms with Crippen LogP contribution >= 0.6 is 0 Å². The fraction of sp³-hybridized carbons (Fsp3) is 0. The predicted molar refractivity (Wildman–Crippen MR) is 81.9 cm³/mol. The van der Waals surface area contributed by atoms with Gasteiger partial charge < -0.3 is 10.4 Å². The van der Waals surface area contributed by atoms with Crippen molar-refractivity contribution in [2.24, 2.45) is 0 Å². The molecule has 0 atom stereocenters. The summed E-state index contributed by atoms with van der Waals surface area (Å²) in [4.78, 5) is 23.7. The highest BCUT2D eigenvalue weighted by Crippen LogP contribution is 2.18. The van der Waals surface area contributed by atoms with Crippen LogP contribution in [0.4, 0.5) is 11.6 Å². The lowest BCUT2D eigenvalue weighted by Gasteiger charge is -2.07. The molecule has 0 aliphatic carbocycles. The molecule has 0 saturated heterocycles. The monoisotopic (exact) mass is 292 g/mol. The van der Waals surface area contributed by atoms with Crippen LogP contribution in [0.15, 0.2) is 60.9 Å². The molecule has 3 rings (SSSR count). The van der Waals surface area contributed by atoms with Crippen LogP contribution in [0.5, 0.6) is 0 Å². The van der Waals surface area contributed by atoms with Gasteiger partial charge in [0.2, 0.25) is 5.95 Å². The fourth-order valence-electron chi connectivity index (χ4n) is 1.93. The van der Waals surface area contributed by atoms with E-state index in [2.05, 4.69) is 20.3 Å². The minimum absolute atomic E-state index is 0.200. The van der Waals surface area contributed by atoms with Gasteiger partial charge in [0.1, 0.15) is 0 Å². The van der Waals surface area contributed by atoms with Gasteiger partial charge in [-0.05, 0) is 36.4 Å². The molecule has 3 aromatic rings. The molecular weight excluding hydrogens is 280 g/mol. The molecule has 0 saturated carbocycles. The Morgan fingerprint density at radius 3 is 2.64 bits per heavy atom. The number of hydrogen-bond acceptors (Lipinski definition) is 5. The van der Waals surface area contributed by atoms with Crippen LogP contribution < -0.4 is 5.32 Å². The standard InChI is InChI=1S/C16H12N4O2/c21-15(22)11-4-3-5-12(10-11)19-16-18-9-7-14(20-16)13-6-1-2-8-17-13/h1-10H,(H,21,22)(H,18,19,20). The van der Waals surface area contributed by atoms with Gasteiger partial charge in [-0.25, -0.2) is 14.8 Å². The quantitative estimate of drug-likeness (QED) is 0.768. The minimum atomic E-state index is -0.980. The number of carbonyl (C=O) groups is 1. The summed E-state index contributed by atoms with van der Waals surface area (Å²) in [5.74, 6) is -0.600. The normalized spacial score (nSPS) is 10.2. The predicted octanol–water partition coefficient (Wildman–Crippen LogP) is 2.98. The van der Waals surface area contributed by atoms with Gasteiger partial charge >= 0.3 is 5.97 Å². The van der Waals surface area contributed by atoms with E-state index in [1.165, 1.54) is 12.1 Å². The first-order chi connectivity index (χ1) is 10.7.